The van der Waals surface area contributed by atoms with E-state index in [1.54, 1.807) is 4.90 Å². The van der Waals surface area contributed by atoms with Crippen LogP contribution in [0.15, 0.2) is 42.5 Å². The predicted molar refractivity (Wildman–Crippen MR) is 98.0 cm³/mol. The second kappa shape index (κ2) is 6.87. The van der Waals surface area contributed by atoms with E-state index in [1.807, 2.05) is 49.4 Å². The van der Waals surface area contributed by atoms with Gasteiger partial charge in [0, 0.05) is 17.5 Å². The number of rotatable bonds is 4. The second-order valence-corrected chi connectivity index (χ2v) is 6.96. The van der Waals surface area contributed by atoms with Gasteiger partial charge in [-0.3, -0.25) is 19.7 Å². The highest BCUT2D eigenvalue weighted by molar-refractivity contribution is 6.05. The van der Waals surface area contributed by atoms with Gasteiger partial charge in [-0.25, -0.2) is 0 Å². The predicted octanol–water partition coefficient (Wildman–Crippen LogP) is 2.34. The number of hydrogen-bond acceptors (Lipinski definition) is 4. The largest absolute Gasteiger partial charge is 0.489 e. The van der Waals surface area contributed by atoms with E-state index >= 15 is 0 Å². The summed E-state index contributed by atoms with van der Waals surface area (Å²) >= 11 is 0. The lowest BCUT2D eigenvalue weighted by molar-refractivity contribution is -0.136. The Bertz CT molecular complexity index is 923. The van der Waals surface area contributed by atoms with Crippen molar-refractivity contribution in [1.82, 2.24) is 10.2 Å². The van der Waals surface area contributed by atoms with Crippen molar-refractivity contribution in [2.24, 2.45) is 0 Å². The average molecular weight is 364 g/mol. The van der Waals surface area contributed by atoms with E-state index in [0.717, 1.165) is 16.7 Å². The number of amides is 3. The minimum Gasteiger partial charge on any atom is -0.489 e. The standard InChI is InChI=1S/C21H20N2O4/c1-13-9-15-16(18(10-13)27-12-14-5-3-2-4-6-14)11-23(21(15)26)17-7-8-19(24)22-20(17)25/h2-6,9-10,17H,7-8,11-12H2,1H3,(H,22,24,25). The lowest BCUT2D eigenvalue weighted by atomic mass is 10.0. The van der Waals surface area contributed by atoms with Crippen molar-refractivity contribution in [3.05, 3.63) is 64.7 Å². The van der Waals surface area contributed by atoms with E-state index in [-0.39, 0.29) is 18.2 Å². The number of carbonyl (C=O) groups is 3. The summed E-state index contributed by atoms with van der Waals surface area (Å²) in [7, 11) is 0. The molecule has 1 atom stereocenters. The van der Waals surface area contributed by atoms with Gasteiger partial charge in [0.25, 0.3) is 5.91 Å². The van der Waals surface area contributed by atoms with Gasteiger partial charge >= 0.3 is 0 Å². The number of piperidine rings is 1. The van der Waals surface area contributed by atoms with Gasteiger partial charge in [-0.2, -0.15) is 0 Å². The number of imide groups is 1. The lowest BCUT2D eigenvalue weighted by Gasteiger charge is -2.29. The lowest BCUT2D eigenvalue weighted by Crippen LogP contribution is -2.52. The Kier molecular flexibility index (Phi) is 4.39. The molecule has 0 aromatic heterocycles. The number of nitrogens with one attached hydrogen (secondary N) is 1. The molecule has 1 saturated heterocycles. The fraction of sp³-hybridized carbons (Fsp3) is 0.286. The third-order valence-electron chi connectivity index (χ3n) is 5.00. The molecular formula is C21H20N2O4. The molecule has 0 bridgehead atoms. The molecule has 3 amide bonds. The van der Waals surface area contributed by atoms with Crippen LogP contribution in [0.4, 0.5) is 0 Å². The Balaban J connectivity index is 1.59. The summed E-state index contributed by atoms with van der Waals surface area (Å²) in [6.07, 6.45) is 0.594. The maximum atomic E-state index is 12.9. The smallest absolute Gasteiger partial charge is 0.255 e. The molecule has 0 aliphatic carbocycles. The number of benzene rings is 2. The zero-order chi connectivity index (χ0) is 19.0. The van der Waals surface area contributed by atoms with Crippen LogP contribution in [0.25, 0.3) is 0 Å². The summed E-state index contributed by atoms with van der Waals surface area (Å²) < 4.78 is 6.01. The molecule has 1 unspecified atom stereocenters. The van der Waals surface area contributed by atoms with E-state index in [9.17, 15) is 14.4 Å². The van der Waals surface area contributed by atoms with Crippen molar-refractivity contribution in [1.29, 1.82) is 0 Å². The number of nitrogens with zero attached hydrogens (tertiary/aromatic N) is 1. The molecule has 1 fully saturated rings. The number of aryl methyl sites for hydroxylation is 1. The van der Waals surface area contributed by atoms with Gasteiger partial charge in [-0.1, -0.05) is 30.3 Å². The molecule has 0 spiro atoms. The highest BCUT2D eigenvalue weighted by Crippen LogP contribution is 2.35. The first kappa shape index (κ1) is 17.3. The molecule has 1 N–H and O–H groups in total. The van der Waals surface area contributed by atoms with Gasteiger partial charge in [-0.15, -0.1) is 0 Å². The van der Waals surface area contributed by atoms with E-state index < -0.39 is 11.9 Å². The quantitative estimate of drug-likeness (QED) is 0.845. The van der Waals surface area contributed by atoms with Crippen molar-refractivity contribution in [2.75, 3.05) is 0 Å². The third-order valence-corrected chi connectivity index (χ3v) is 5.00. The molecule has 6 nitrogen and oxygen atoms in total. The Labute approximate surface area is 157 Å². The van der Waals surface area contributed by atoms with Crippen LogP contribution in [-0.4, -0.2) is 28.7 Å². The molecule has 2 aromatic rings. The SMILES string of the molecule is Cc1cc(OCc2ccccc2)c2c(c1)C(=O)N(C1CCC(=O)NC1=O)C2. The molecule has 138 valence electrons. The van der Waals surface area contributed by atoms with E-state index in [4.69, 9.17) is 4.74 Å². The Morgan fingerprint density at radius 1 is 1.15 bits per heavy atom. The zero-order valence-corrected chi connectivity index (χ0v) is 15.0. The molecule has 2 heterocycles. The van der Waals surface area contributed by atoms with Gasteiger partial charge in [0.1, 0.15) is 18.4 Å². The van der Waals surface area contributed by atoms with Gasteiger partial charge in [0.15, 0.2) is 0 Å². The minimum absolute atomic E-state index is 0.187. The molecule has 0 saturated carbocycles. The number of fused-ring (bicyclic) bond motifs is 1. The van der Waals surface area contributed by atoms with Crippen LogP contribution >= 0.6 is 0 Å². The molecule has 2 aromatic carbocycles. The maximum absolute atomic E-state index is 12.9. The normalized spacial score (nSPS) is 19.1. The monoisotopic (exact) mass is 364 g/mol. The first-order valence-corrected chi connectivity index (χ1v) is 8.98. The number of ether oxygens (including phenoxy) is 1. The summed E-state index contributed by atoms with van der Waals surface area (Å²) in [5.41, 5.74) is 3.34. The number of carbonyl (C=O) groups excluding carboxylic acids is 3. The third kappa shape index (κ3) is 3.30. The topological polar surface area (TPSA) is 75.7 Å². The van der Waals surface area contributed by atoms with Gasteiger partial charge in [0.05, 0.1) is 6.54 Å². The molecule has 0 radical (unpaired) electrons. The first-order valence-electron chi connectivity index (χ1n) is 8.98. The molecular weight excluding hydrogens is 344 g/mol. The zero-order valence-electron chi connectivity index (χ0n) is 15.0. The summed E-state index contributed by atoms with van der Waals surface area (Å²) in [5.74, 6) is -0.219. The van der Waals surface area contributed by atoms with Gasteiger partial charge in [0.2, 0.25) is 11.8 Å². The fourth-order valence-corrected chi connectivity index (χ4v) is 3.63. The van der Waals surface area contributed by atoms with Gasteiger partial charge < -0.3 is 9.64 Å². The summed E-state index contributed by atoms with van der Waals surface area (Å²) in [6.45, 7) is 2.63. The summed E-state index contributed by atoms with van der Waals surface area (Å²) in [6, 6.07) is 13.0. The van der Waals surface area contributed by atoms with Crippen molar-refractivity contribution in [3.8, 4) is 5.75 Å². The minimum atomic E-state index is -0.620. The molecule has 4 rings (SSSR count). The van der Waals surface area contributed by atoms with Crippen molar-refractivity contribution in [3.63, 3.8) is 0 Å². The highest BCUT2D eigenvalue weighted by Gasteiger charge is 2.40. The van der Waals surface area contributed by atoms with E-state index in [2.05, 4.69) is 5.32 Å². The van der Waals surface area contributed by atoms with E-state index in [1.165, 1.54) is 0 Å². The fourth-order valence-electron chi connectivity index (χ4n) is 3.63. The van der Waals surface area contributed by atoms with Crippen molar-refractivity contribution < 1.29 is 19.1 Å². The average Bonchev–Trinajstić information content (AvgIpc) is 2.97. The molecule has 27 heavy (non-hydrogen) atoms. The summed E-state index contributed by atoms with van der Waals surface area (Å²) in [5, 5.41) is 2.32. The van der Waals surface area contributed by atoms with Crippen molar-refractivity contribution >= 4 is 17.7 Å². The highest BCUT2D eigenvalue weighted by atomic mass is 16.5. The van der Waals surface area contributed by atoms with E-state index in [0.29, 0.717) is 30.9 Å². The molecule has 2 aliphatic heterocycles. The molecule has 2 aliphatic rings. The molecule has 6 heteroatoms. The first-order chi connectivity index (χ1) is 13.0. The maximum Gasteiger partial charge on any atom is 0.255 e. The second-order valence-electron chi connectivity index (χ2n) is 6.96. The van der Waals surface area contributed by atoms with Crippen LogP contribution in [0, 0.1) is 6.92 Å². The van der Waals surface area contributed by atoms with Crippen LogP contribution in [0.5, 0.6) is 5.75 Å². The Hall–Kier alpha value is -3.15. The van der Waals surface area contributed by atoms with Crippen LogP contribution in [0.1, 0.15) is 39.9 Å². The van der Waals surface area contributed by atoms with Crippen LogP contribution in [0.3, 0.4) is 0 Å². The Morgan fingerprint density at radius 2 is 1.93 bits per heavy atom. The summed E-state index contributed by atoms with van der Waals surface area (Å²) in [4.78, 5) is 38.0. The van der Waals surface area contributed by atoms with Crippen LogP contribution < -0.4 is 10.1 Å². The number of hydrogen-bond donors (Lipinski definition) is 1. The van der Waals surface area contributed by atoms with Crippen LogP contribution in [-0.2, 0) is 22.7 Å². The van der Waals surface area contributed by atoms with Crippen LogP contribution in [0.2, 0.25) is 0 Å². The van der Waals surface area contributed by atoms with Gasteiger partial charge in [-0.05, 0) is 36.6 Å². The van der Waals surface area contributed by atoms with Crippen molar-refractivity contribution in [2.45, 2.75) is 39.0 Å². The Morgan fingerprint density at radius 3 is 2.67 bits per heavy atom.